The van der Waals surface area contributed by atoms with Crippen LogP contribution in [0, 0.1) is 58.2 Å². The van der Waals surface area contributed by atoms with Crippen molar-refractivity contribution in [3.63, 3.8) is 0 Å². The molecule has 0 saturated heterocycles. The Hall–Kier alpha value is -2.13. The lowest BCUT2D eigenvalue weighted by atomic mass is 9.53. The highest BCUT2D eigenvalue weighted by Gasteiger charge is 2.58. The maximum atomic E-state index is 9.88. The van der Waals surface area contributed by atoms with Crippen molar-refractivity contribution < 1.29 is 0 Å². The first-order chi connectivity index (χ1) is 11.1. The zero-order valence-corrected chi connectivity index (χ0v) is 13.8. The molecule has 1 aromatic rings. The largest absolute Gasteiger partial charge is 0.324 e. The highest BCUT2D eigenvalue weighted by atomic mass is 32.1. The molecule has 2 aliphatic rings. The second kappa shape index (κ2) is 5.82. The summed E-state index contributed by atoms with van der Waals surface area (Å²) in [4.78, 5) is 2.19. The first kappa shape index (κ1) is 15.8. The van der Waals surface area contributed by atoms with Crippen molar-refractivity contribution in [1.82, 2.24) is 0 Å². The van der Waals surface area contributed by atoms with E-state index in [1.807, 2.05) is 19.1 Å². The van der Waals surface area contributed by atoms with Gasteiger partial charge in [-0.3, -0.25) is 0 Å². The Balaban J connectivity index is 2.23. The summed E-state index contributed by atoms with van der Waals surface area (Å²) in [6.45, 7) is 2.02. The summed E-state index contributed by atoms with van der Waals surface area (Å²) in [6.07, 6.45) is 4.99. The molecule has 0 unspecified atom stereocenters. The number of allylic oxidation sites excluding steroid dienone is 1. The van der Waals surface area contributed by atoms with Gasteiger partial charge in [0.25, 0.3) is 0 Å². The molecule has 1 aromatic heterocycles. The van der Waals surface area contributed by atoms with Crippen molar-refractivity contribution in [1.29, 1.82) is 15.8 Å². The number of nitrogens with zero attached hydrogens (tertiary/aromatic N) is 3. The van der Waals surface area contributed by atoms with E-state index in [0.29, 0.717) is 0 Å². The molecule has 116 valence electrons. The van der Waals surface area contributed by atoms with Crippen molar-refractivity contribution in [2.24, 2.45) is 23.0 Å². The number of rotatable bonds is 1. The Kier molecular flexibility index (Phi) is 3.99. The van der Waals surface area contributed by atoms with Gasteiger partial charge in [0, 0.05) is 15.7 Å². The molecule has 5 heteroatoms. The van der Waals surface area contributed by atoms with Crippen LogP contribution in [0.1, 0.15) is 34.9 Å². The minimum atomic E-state index is -1.35. The number of hydrogen-bond acceptors (Lipinski definition) is 5. The normalized spacial score (nSPS) is 31.9. The summed E-state index contributed by atoms with van der Waals surface area (Å²) in [7, 11) is 0. The number of nitriles is 3. The standard InChI is InChI=1S/C18H18N4S/c1-11-6-7-15(23-11)16-13-5-3-2-4-12(13)14(8-19)17(22)18(16,9-20)10-21/h4,6-7,13-14,16-17H,2-3,5,22H2,1H3/t13-,14+,16+,17+/m1/s1. The van der Waals surface area contributed by atoms with Crippen LogP contribution in [0.3, 0.4) is 0 Å². The SMILES string of the molecule is Cc1ccc([C@@H]2[C@@H]3CCCC=C3[C@H](C#N)[C@H](N)C2(C#N)C#N)s1. The van der Waals surface area contributed by atoms with Gasteiger partial charge in [0.1, 0.15) is 0 Å². The summed E-state index contributed by atoms with van der Waals surface area (Å²) >= 11 is 1.63. The Labute approximate surface area is 140 Å². The van der Waals surface area contributed by atoms with E-state index in [1.54, 1.807) is 11.3 Å². The number of aryl methyl sites for hydroxylation is 1. The quantitative estimate of drug-likeness (QED) is 0.801. The van der Waals surface area contributed by atoms with Crippen LogP contribution < -0.4 is 5.73 Å². The summed E-state index contributed by atoms with van der Waals surface area (Å²) < 4.78 is 0. The third-order valence-corrected chi connectivity index (χ3v) is 6.32. The number of thiophene rings is 1. The van der Waals surface area contributed by atoms with Gasteiger partial charge in [0.05, 0.1) is 30.2 Å². The van der Waals surface area contributed by atoms with E-state index in [1.165, 1.54) is 0 Å². The molecule has 0 aromatic carbocycles. The highest BCUT2D eigenvalue weighted by molar-refractivity contribution is 7.12. The first-order valence-corrected chi connectivity index (χ1v) is 8.64. The third-order valence-electron chi connectivity index (χ3n) is 5.24. The Bertz CT molecular complexity index is 756. The van der Waals surface area contributed by atoms with Crippen LogP contribution in [0.2, 0.25) is 0 Å². The molecule has 0 aliphatic heterocycles. The summed E-state index contributed by atoms with van der Waals surface area (Å²) in [5.74, 6) is -0.732. The minimum absolute atomic E-state index is 0.0607. The predicted molar refractivity (Wildman–Crippen MR) is 88.0 cm³/mol. The van der Waals surface area contributed by atoms with Crippen molar-refractivity contribution in [2.75, 3.05) is 0 Å². The molecule has 1 saturated carbocycles. The second-order valence-electron chi connectivity index (χ2n) is 6.39. The van der Waals surface area contributed by atoms with E-state index < -0.39 is 17.4 Å². The van der Waals surface area contributed by atoms with Crippen molar-refractivity contribution >= 4 is 11.3 Å². The maximum Gasteiger partial charge on any atom is 0.168 e. The van der Waals surface area contributed by atoms with Gasteiger partial charge in [-0.25, -0.2) is 0 Å². The molecule has 23 heavy (non-hydrogen) atoms. The van der Waals surface area contributed by atoms with E-state index in [-0.39, 0.29) is 11.8 Å². The molecule has 0 radical (unpaired) electrons. The van der Waals surface area contributed by atoms with Crippen LogP contribution in [-0.4, -0.2) is 6.04 Å². The molecule has 0 spiro atoms. The molecular formula is C18H18N4S. The molecule has 1 heterocycles. The fourth-order valence-electron chi connectivity index (χ4n) is 4.15. The molecular weight excluding hydrogens is 304 g/mol. The monoisotopic (exact) mass is 322 g/mol. The lowest BCUT2D eigenvalue weighted by Gasteiger charge is -2.48. The van der Waals surface area contributed by atoms with Gasteiger partial charge in [0.2, 0.25) is 0 Å². The Morgan fingerprint density at radius 2 is 2.00 bits per heavy atom. The van der Waals surface area contributed by atoms with E-state index in [4.69, 9.17) is 5.73 Å². The average molecular weight is 322 g/mol. The summed E-state index contributed by atoms with van der Waals surface area (Å²) in [5.41, 5.74) is 6.02. The van der Waals surface area contributed by atoms with Crippen LogP contribution in [0.25, 0.3) is 0 Å². The fraction of sp³-hybridized carbons (Fsp3) is 0.500. The molecule has 2 aliphatic carbocycles. The second-order valence-corrected chi connectivity index (χ2v) is 7.71. The van der Waals surface area contributed by atoms with Crippen LogP contribution in [-0.2, 0) is 0 Å². The Morgan fingerprint density at radius 3 is 2.57 bits per heavy atom. The van der Waals surface area contributed by atoms with Crippen LogP contribution in [0.4, 0.5) is 0 Å². The number of fused-ring (bicyclic) bond motifs is 1. The van der Waals surface area contributed by atoms with Crippen molar-refractivity contribution in [2.45, 2.75) is 38.1 Å². The molecule has 4 nitrogen and oxygen atoms in total. The van der Waals surface area contributed by atoms with Gasteiger partial charge in [-0.2, -0.15) is 15.8 Å². The van der Waals surface area contributed by atoms with Gasteiger partial charge in [0.15, 0.2) is 5.41 Å². The molecule has 0 bridgehead atoms. The molecule has 0 amide bonds. The first-order valence-electron chi connectivity index (χ1n) is 7.83. The molecule has 3 rings (SSSR count). The molecule has 2 N–H and O–H groups in total. The van der Waals surface area contributed by atoms with E-state index in [0.717, 1.165) is 34.6 Å². The van der Waals surface area contributed by atoms with Gasteiger partial charge < -0.3 is 5.73 Å². The smallest absolute Gasteiger partial charge is 0.168 e. The van der Waals surface area contributed by atoms with E-state index in [2.05, 4.69) is 24.3 Å². The van der Waals surface area contributed by atoms with Crippen molar-refractivity contribution in [3.05, 3.63) is 33.5 Å². The average Bonchev–Trinajstić information content (AvgIpc) is 3.00. The van der Waals surface area contributed by atoms with Crippen molar-refractivity contribution in [3.8, 4) is 18.2 Å². The molecule has 4 atom stereocenters. The van der Waals surface area contributed by atoms with Crippen LogP contribution >= 0.6 is 11.3 Å². The summed E-state index contributed by atoms with van der Waals surface area (Å²) in [6, 6.07) is 9.94. The minimum Gasteiger partial charge on any atom is -0.324 e. The lowest BCUT2D eigenvalue weighted by molar-refractivity contribution is 0.186. The van der Waals surface area contributed by atoms with Gasteiger partial charge in [-0.15, -0.1) is 11.3 Å². The lowest BCUT2D eigenvalue weighted by Crippen LogP contribution is -2.55. The highest BCUT2D eigenvalue weighted by Crippen LogP contribution is 2.57. The van der Waals surface area contributed by atoms with Gasteiger partial charge >= 0.3 is 0 Å². The third kappa shape index (κ3) is 2.19. The van der Waals surface area contributed by atoms with Gasteiger partial charge in [-0.05, 0) is 44.2 Å². The Morgan fingerprint density at radius 1 is 1.26 bits per heavy atom. The van der Waals surface area contributed by atoms with Crippen LogP contribution in [0.15, 0.2) is 23.8 Å². The topological polar surface area (TPSA) is 97.4 Å². The summed E-state index contributed by atoms with van der Waals surface area (Å²) in [5, 5.41) is 29.4. The number of nitrogens with two attached hydrogens (primary N) is 1. The number of hydrogen-bond donors (Lipinski definition) is 1. The van der Waals surface area contributed by atoms with Crippen LogP contribution in [0.5, 0.6) is 0 Å². The predicted octanol–water partition coefficient (Wildman–Crippen LogP) is 3.38. The van der Waals surface area contributed by atoms with E-state index >= 15 is 0 Å². The van der Waals surface area contributed by atoms with Gasteiger partial charge in [-0.1, -0.05) is 11.6 Å². The van der Waals surface area contributed by atoms with E-state index in [9.17, 15) is 15.8 Å². The fourth-order valence-corrected chi connectivity index (χ4v) is 5.27. The maximum absolute atomic E-state index is 9.88. The zero-order valence-electron chi connectivity index (χ0n) is 13.0. The molecule has 1 fully saturated rings. The zero-order chi connectivity index (χ0) is 16.6.